The molecule has 2 atom stereocenters. The fraction of sp³-hybridized carbons (Fsp3) is 0.536. The number of carbonyl (C=O) groups excluding carboxylic acids is 1. The number of rotatable bonds is 9. The van der Waals surface area contributed by atoms with E-state index in [9.17, 15) is 18.7 Å². The summed E-state index contributed by atoms with van der Waals surface area (Å²) in [5.74, 6) is -0.975. The maximum atomic E-state index is 13.7. The third-order valence-corrected chi connectivity index (χ3v) is 7.60. The van der Waals surface area contributed by atoms with Crippen LogP contribution in [0.4, 0.5) is 8.78 Å². The number of amides is 1. The molecule has 2 fully saturated rings. The number of aliphatic hydroxyl groups excluding tert-OH is 1. The van der Waals surface area contributed by atoms with E-state index in [1.54, 1.807) is 0 Å². The first kappa shape index (κ1) is 24.8. The Labute approximate surface area is 201 Å². The van der Waals surface area contributed by atoms with Crippen molar-refractivity contribution in [2.24, 2.45) is 0 Å². The molecule has 0 saturated heterocycles. The van der Waals surface area contributed by atoms with E-state index < -0.39 is 23.8 Å². The molecule has 0 bridgehead atoms. The summed E-state index contributed by atoms with van der Waals surface area (Å²) in [4.78, 5) is 11.8. The van der Waals surface area contributed by atoms with Gasteiger partial charge in [-0.2, -0.15) is 0 Å². The second-order valence-corrected chi connectivity index (χ2v) is 10.1. The van der Waals surface area contributed by atoms with Crippen LogP contribution in [0.3, 0.4) is 0 Å². The molecule has 2 aliphatic rings. The molecule has 4 nitrogen and oxygen atoms in total. The van der Waals surface area contributed by atoms with Crippen LogP contribution >= 0.6 is 0 Å². The van der Waals surface area contributed by atoms with E-state index in [4.69, 9.17) is 0 Å². The Morgan fingerprint density at radius 3 is 2.38 bits per heavy atom. The van der Waals surface area contributed by atoms with Gasteiger partial charge in [0.25, 0.3) is 0 Å². The summed E-state index contributed by atoms with van der Waals surface area (Å²) >= 11 is 0. The number of nitrogens with one attached hydrogen (secondary N) is 2. The number of aliphatic hydroxyl groups is 1. The number of halogens is 2. The molecule has 0 aliphatic heterocycles. The third-order valence-electron chi connectivity index (χ3n) is 7.60. The van der Waals surface area contributed by atoms with Crippen molar-refractivity contribution >= 4 is 5.91 Å². The fourth-order valence-electron chi connectivity index (χ4n) is 5.52. The van der Waals surface area contributed by atoms with Gasteiger partial charge in [-0.25, -0.2) is 8.78 Å². The van der Waals surface area contributed by atoms with Gasteiger partial charge in [-0.1, -0.05) is 49.9 Å². The zero-order valence-electron chi connectivity index (χ0n) is 20.0. The van der Waals surface area contributed by atoms with Crippen molar-refractivity contribution in [3.8, 4) is 0 Å². The minimum Gasteiger partial charge on any atom is -0.390 e. The van der Waals surface area contributed by atoms with Crippen molar-refractivity contribution in [3.63, 3.8) is 0 Å². The van der Waals surface area contributed by atoms with Gasteiger partial charge in [-0.15, -0.1) is 0 Å². The van der Waals surface area contributed by atoms with Crippen molar-refractivity contribution in [2.75, 3.05) is 6.54 Å². The molecule has 184 valence electrons. The van der Waals surface area contributed by atoms with Gasteiger partial charge in [0.2, 0.25) is 5.91 Å². The molecule has 0 aromatic heterocycles. The predicted octanol–water partition coefficient (Wildman–Crippen LogP) is 5.09. The lowest BCUT2D eigenvalue weighted by Crippen LogP contribution is -2.53. The summed E-state index contributed by atoms with van der Waals surface area (Å²) in [5, 5.41) is 17.5. The van der Waals surface area contributed by atoms with E-state index in [0.717, 1.165) is 31.7 Å². The number of hydrogen-bond donors (Lipinski definition) is 3. The number of benzene rings is 2. The standard InChI is InChI=1S/C28H36F2N2O2/c1-19(33)32-26(15-20-13-24(29)17-25(30)14-20)27(34)18-31-28(11-3-2-4-12-28)23-10-6-9-22(16-23)21-7-5-8-21/h6,9-10,13-14,16-17,21,26-27,31,34H,2-5,7-8,11-12,15,18H2,1H3,(H,32,33). The first-order chi connectivity index (χ1) is 16.3. The molecule has 4 rings (SSSR count). The largest absolute Gasteiger partial charge is 0.390 e. The normalized spacial score (nSPS) is 19.8. The van der Waals surface area contributed by atoms with E-state index in [2.05, 4.69) is 34.9 Å². The molecule has 0 heterocycles. The van der Waals surface area contributed by atoms with Gasteiger partial charge in [0.1, 0.15) is 11.6 Å². The first-order valence-electron chi connectivity index (χ1n) is 12.6. The zero-order chi connectivity index (χ0) is 24.1. The van der Waals surface area contributed by atoms with E-state index in [0.29, 0.717) is 11.5 Å². The van der Waals surface area contributed by atoms with Crippen LogP contribution in [0.1, 0.15) is 80.9 Å². The Hall–Kier alpha value is -2.31. The van der Waals surface area contributed by atoms with Gasteiger partial charge in [0.15, 0.2) is 0 Å². The van der Waals surface area contributed by atoms with Crippen molar-refractivity contribution < 1.29 is 18.7 Å². The van der Waals surface area contributed by atoms with E-state index >= 15 is 0 Å². The monoisotopic (exact) mass is 470 g/mol. The average molecular weight is 471 g/mol. The van der Waals surface area contributed by atoms with Gasteiger partial charge in [-0.3, -0.25) is 4.79 Å². The van der Waals surface area contributed by atoms with Crippen LogP contribution in [0, 0.1) is 11.6 Å². The van der Waals surface area contributed by atoms with Gasteiger partial charge >= 0.3 is 0 Å². The van der Waals surface area contributed by atoms with Crippen LogP contribution in [-0.2, 0) is 16.8 Å². The molecule has 2 aromatic carbocycles. The second-order valence-electron chi connectivity index (χ2n) is 10.1. The van der Waals surface area contributed by atoms with Crippen molar-refractivity contribution in [1.29, 1.82) is 0 Å². The summed E-state index contributed by atoms with van der Waals surface area (Å²) in [6, 6.07) is 11.6. The summed E-state index contributed by atoms with van der Waals surface area (Å²) < 4.78 is 27.4. The van der Waals surface area contributed by atoms with Gasteiger partial charge < -0.3 is 15.7 Å². The molecule has 2 aromatic rings. The maximum Gasteiger partial charge on any atom is 0.217 e. The van der Waals surface area contributed by atoms with Gasteiger partial charge in [0.05, 0.1) is 12.1 Å². The first-order valence-corrected chi connectivity index (χ1v) is 12.6. The molecular weight excluding hydrogens is 434 g/mol. The molecule has 2 unspecified atom stereocenters. The molecule has 0 radical (unpaired) electrons. The maximum absolute atomic E-state index is 13.7. The molecule has 1 amide bonds. The topological polar surface area (TPSA) is 61.4 Å². The van der Waals surface area contributed by atoms with E-state index in [1.165, 1.54) is 55.9 Å². The summed E-state index contributed by atoms with van der Waals surface area (Å²) in [7, 11) is 0. The Bertz CT molecular complexity index is 966. The van der Waals surface area contributed by atoms with Crippen LogP contribution in [0.5, 0.6) is 0 Å². The highest BCUT2D eigenvalue weighted by Gasteiger charge is 2.35. The predicted molar refractivity (Wildman–Crippen MR) is 129 cm³/mol. The highest BCUT2D eigenvalue weighted by Crippen LogP contribution is 2.41. The lowest BCUT2D eigenvalue weighted by molar-refractivity contribution is -0.120. The third kappa shape index (κ3) is 6.02. The van der Waals surface area contributed by atoms with Crippen LogP contribution < -0.4 is 10.6 Å². The lowest BCUT2D eigenvalue weighted by Gasteiger charge is -2.41. The Morgan fingerprint density at radius 1 is 1.06 bits per heavy atom. The zero-order valence-corrected chi connectivity index (χ0v) is 20.0. The molecule has 3 N–H and O–H groups in total. The van der Waals surface area contributed by atoms with Crippen LogP contribution in [0.2, 0.25) is 0 Å². The highest BCUT2D eigenvalue weighted by molar-refractivity contribution is 5.73. The highest BCUT2D eigenvalue weighted by atomic mass is 19.1. The number of hydrogen-bond acceptors (Lipinski definition) is 3. The van der Waals surface area contributed by atoms with Gasteiger partial charge in [0, 0.05) is 25.1 Å². The summed E-state index contributed by atoms with van der Waals surface area (Å²) in [5.41, 5.74) is 2.85. The Kier molecular flexibility index (Phi) is 7.99. The Balaban J connectivity index is 1.50. The summed E-state index contributed by atoms with van der Waals surface area (Å²) in [6.07, 6.45) is 8.46. The van der Waals surface area contributed by atoms with Crippen molar-refractivity contribution in [1.82, 2.24) is 10.6 Å². The minimum absolute atomic E-state index is 0.140. The molecule has 6 heteroatoms. The molecular formula is C28H36F2N2O2. The average Bonchev–Trinajstić information content (AvgIpc) is 2.76. The van der Waals surface area contributed by atoms with E-state index in [1.807, 2.05) is 0 Å². The minimum atomic E-state index is -0.913. The smallest absolute Gasteiger partial charge is 0.217 e. The van der Waals surface area contributed by atoms with Crippen molar-refractivity contribution in [2.45, 2.75) is 88.3 Å². The lowest BCUT2D eigenvalue weighted by atomic mass is 9.74. The van der Waals surface area contributed by atoms with Crippen LogP contribution in [0.25, 0.3) is 0 Å². The van der Waals surface area contributed by atoms with Crippen LogP contribution in [-0.4, -0.2) is 29.7 Å². The van der Waals surface area contributed by atoms with Crippen LogP contribution in [0.15, 0.2) is 42.5 Å². The summed E-state index contributed by atoms with van der Waals surface area (Å²) in [6.45, 7) is 1.66. The molecule has 34 heavy (non-hydrogen) atoms. The fourth-order valence-corrected chi connectivity index (χ4v) is 5.52. The van der Waals surface area contributed by atoms with Crippen molar-refractivity contribution in [3.05, 3.63) is 70.8 Å². The van der Waals surface area contributed by atoms with Gasteiger partial charge in [-0.05, 0) is 66.8 Å². The number of carbonyl (C=O) groups is 1. The molecule has 0 spiro atoms. The van der Waals surface area contributed by atoms with E-state index in [-0.39, 0.29) is 24.4 Å². The SMILES string of the molecule is CC(=O)NC(Cc1cc(F)cc(F)c1)C(O)CNC1(c2cccc(C3CCC3)c2)CCCCC1. The molecule has 2 aliphatic carbocycles. The molecule has 2 saturated carbocycles. The second kappa shape index (κ2) is 11.0. The quantitative estimate of drug-likeness (QED) is 0.478. The Morgan fingerprint density at radius 2 is 1.76 bits per heavy atom.